The highest BCUT2D eigenvalue weighted by atomic mass is 35.5. The smallest absolute Gasteiger partial charge is 0.326 e. The van der Waals surface area contributed by atoms with Crippen molar-refractivity contribution in [2.24, 2.45) is 4.99 Å². The van der Waals surface area contributed by atoms with Gasteiger partial charge in [-0.3, -0.25) is 14.8 Å². The minimum atomic E-state index is -3.78. The SMILES string of the molecule is CCOc1cc(S(=O)(=O)N(C)C)ccc1C1=N[C@@H](c2ccc(Cl)cc2)[C@@H](c2ccc(Cl)cc2)N1C(=O)N1CCN(CCS(C)(=O)=O)CC1. The van der Waals surface area contributed by atoms with E-state index < -0.39 is 31.9 Å². The first-order chi connectivity index (χ1) is 22.7. The number of nitrogens with zero attached hydrogens (tertiary/aromatic N) is 5. The molecule has 0 radical (unpaired) electrons. The predicted molar refractivity (Wildman–Crippen MR) is 188 cm³/mol. The lowest BCUT2D eigenvalue weighted by Crippen LogP contribution is -2.54. The Bertz CT molecular complexity index is 1880. The van der Waals surface area contributed by atoms with E-state index in [0.29, 0.717) is 54.2 Å². The minimum absolute atomic E-state index is 0.0462. The largest absolute Gasteiger partial charge is 0.493 e. The number of carbonyl (C=O) groups excluding carboxylic acids is 1. The maximum atomic E-state index is 14.7. The van der Waals surface area contributed by atoms with Crippen LogP contribution in [0.15, 0.2) is 76.6 Å². The summed E-state index contributed by atoms with van der Waals surface area (Å²) in [5, 5.41) is 1.10. The summed E-state index contributed by atoms with van der Waals surface area (Å²) in [7, 11) is -3.99. The number of amidine groups is 1. The molecular formula is C33H39Cl2N5O6S2. The van der Waals surface area contributed by atoms with Crippen LogP contribution in [-0.2, 0) is 19.9 Å². The first-order valence-electron chi connectivity index (χ1n) is 15.5. The molecule has 48 heavy (non-hydrogen) atoms. The predicted octanol–water partition coefficient (Wildman–Crippen LogP) is 4.97. The second-order valence-electron chi connectivity index (χ2n) is 11.9. The Balaban J connectivity index is 1.62. The number of hydrogen-bond donors (Lipinski definition) is 0. The van der Waals surface area contributed by atoms with Gasteiger partial charge in [-0.15, -0.1) is 0 Å². The molecule has 1 fully saturated rings. The quantitative estimate of drug-likeness (QED) is 0.289. The number of sulfone groups is 1. The Morgan fingerprint density at radius 1 is 0.896 bits per heavy atom. The molecule has 0 unspecified atom stereocenters. The number of rotatable bonds is 10. The van der Waals surface area contributed by atoms with Crippen LogP contribution in [0, 0.1) is 0 Å². The van der Waals surface area contributed by atoms with E-state index in [2.05, 4.69) is 0 Å². The molecule has 3 aromatic carbocycles. The summed E-state index contributed by atoms with van der Waals surface area (Å²) in [5.74, 6) is 0.649. The standard InChI is InChI=1S/C33H39Cl2N5O6S2/c1-5-46-29-22-27(48(44,45)37(2)3)14-15-28(29)32-36-30(23-6-10-25(34)11-7-23)31(24-8-12-26(35)13-9-24)40(32)33(41)39-18-16-38(17-19-39)20-21-47(4,42)43/h6-15,22,30-31H,5,16-21H2,1-4H3/t30-,31+/m0/s1. The van der Waals surface area contributed by atoms with Gasteiger partial charge in [-0.1, -0.05) is 47.5 Å². The molecule has 5 rings (SSSR count). The third-order valence-electron chi connectivity index (χ3n) is 8.39. The fraction of sp³-hybridized carbons (Fsp3) is 0.394. The lowest BCUT2D eigenvalue weighted by molar-refractivity contribution is 0.122. The Hall–Kier alpha value is -3.20. The Labute approximate surface area is 292 Å². The molecule has 0 aromatic heterocycles. The van der Waals surface area contributed by atoms with E-state index in [9.17, 15) is 21.6 Å². The van der Waals surface area contributed by atoms with Crippen LogP contribution in [0.2, 0.25) is 10.0 Å². The van der Waals surface area contributed by atoms with Crippen LogP contribution in [-0.4, -0.2) is 113 Å². The Kier molecular flexibility index (Phi) is 11.1. The van der Waals surface area contributed by atoms with Gasteiger partial charge in [-0.05, 0) is 54.4 Å². The van der Waals surface area contributed by atoms with Crippen molar-refractivity contribution in [3.8, 4) is 5.75 Å². The monoisotopic (exact) mass is 735 g/mol. The van der Waals surface area contributed by atoms with E-state index in [1.54, 1.807) is 47.1 Å². The minimum Gasteiger partial charge on any atom is -0.493 e. The summed E-state index contributed by atoms with van der Waals surface area (Å²) in [6.45, 7) is 4.21. The topological polar surface area (TPSA) is 120 Å². The van der Waals surface area contributed by atoms with E-state index in [1.807, 2.05) is 29.2 Å². The van der Waals surface area contributed by atoms with Gasteiger partial charge in [0.25, 0.3) is 0 Å². The van der Waals surface area contributed by atoms with Gasteiger partial charge in [-0.2, -0.15) is 0 Å². The molecule has 2 aliphatic heterocycles. The molecule has 258 valence electrons. The van der Waals surface area contributed by atoms with Gasteiger partial charge >= 0.3 is 6.03 Å². The molecule has 0 aliphatic carbocycles. The molecule has 2 aliphatic rings. The highest BCUT2D eigenvalue weighted by Gasteiger charge is 2.45. The summed E-state index contributed by atoms with van der Waals surface area (Å²) in [5.41, 5.74) is 2.08. The molecule has 0 saturated carbocycles. The summed E-state index contributed by atoms with van der Waals surface area (Å²) < 4.78 is 56.8. The summed E-state index contributed by atoms with van der Waals surface area (Å²) in [6.07, 6.45) is 1.22. The number of urea groups is 1. The van der Waals surface area contributed by atoms with Crippen molar-refractivity contribution in [3.63, 3.8) is 0 Å². The van der Waals surface area contributed by atoms with Crippen molar-refractivity contribution in [2.75, 3.05) is 65.4 Å². The maximum absolute atomic E-state index is 14.7. The van der Waals surface area contributed by atoms with Gasteiger partial charge in [0.2, 0.25) is 10.0 Å². The number of hydrogen-bond acceptors (Lipinski definition) is 8. The maximum Gasteiger partial charge on any atom is 0.326 e. The lowest BCUT2D eigenvalue weighted by atomic mass is 9.93. The van der Waals surface area contributed by atoms with Crippen LogP contribution < -0.4 is 4.74 Å². The fourth-order valence-electron chi connectivity index (χ4n) is 5.80. The number of aliphatic imine (C=N–C) groups is 1. The van der Waals surface area contributed by atoms with Gasteiger partial charge in [0.05, 0.1) is 28.9 Å². The Morgan fingerprint density at radius 2 is 1.48 bits per heavy atom. The summed E-state index contributed by atoms with van der Waals surface area (Å²) >= 11 is 12.5. The van der Waals surface area contributed by atoms with Crippen LogP contribution in [0.3, 0.4) is 0 Å². The second kappa shape index (κ2) is 14.7. The van der Waals surface area contributed by atoms with E-state index in [4.69, 9.17) is 32.9 Å². The van der Waals surface area contributed by atoms with Gasteiger partial charge in [0.15, 0.2) is 0 Å². The van der Waals surface area contributed by atoms with Crippen molar-refractivity contribution in [3.05, 3.63) is 93.5 Å². The van der Waals surface area contributed by atoms with Gasteiger partial charge in [-0.25, -0.2) is 25.9 Å². The van der Waals surface area contributed by atoms with Crippen LogP contribution in [0.25, 0.3) is 0 Å². The number of halogens is 2. The molecule has 11 nitrogen and oxygen atoms in total. The number of carbonyl (C=O) groups is 1. The number of ether oxygens (including phenoxy) is 1. The zero-order chi connectivity index (χ0) is 34.8. The highest BCUT2D eigenvalue weighted by molar-refractivity contribution is 7.90. The number of piperazine rings is 1. The van der Waals surface area contributed by atoms with Crippen molar-refractivity contribution < 1.29 is 26.4 Å². The molecule has 0 spiro atoms. The molecule has 0 bridgehead atoms. The summed E-state index contributed by atoms with van der Waals surface area (Å²) in [4.78, 5) is 25.4. The van der Waals surface area contributed by atoms with Gasteiger partial charge < -0.3 is 9.64 Å². The molecule has 2 amide bonds. The van der Waals surface area contributed by atoms with E-state index in [-0.39, 0.29) is 29.0 Å². The molecule has 15 heteroatoms. The third-order valence-corrected chi connectivity index (χ3v) is 11.6. The lowest BCUT2D eigenvalue weighted by Gasteiger charge is -2.39. The van der Waals surface area contributed by atoms with Crippen LogP contribution >= 0.6 is 23.2 Å². The molecule has 2 atom stereocenters. The van der Waals surface area contributed by atoms with Gasteiger partial charge in [0.1, 0.15) is 27.5 Å². The first-order valence-corrected chi connectivity index (χ1v) is 19.7. The molecule has 0 N–H and O–H groups in total. The van der Waals surface area contributed by atoms with Gasteiger partial charge in [0, 0.05) is 69.2 Å². The van der Waals surface area contributed by atoms with E-state index in [0.717, 1.165) is 15.4 Å². The number of amides is 2. The van der Waals surface area contributed by atoms with Crippen molar-refractivity contribution in [1.29, 1.82) is 0 Å². The average molecular weight is 737 g/mol. The summed E-state index contributed by atoms with van der Waals surface area (Å²) in [6, 6.07) is 17.7. The zero-order valence-corrected chi connectivity index (χ0v) is 30.4. The van der Waals surface area contributed by atoms with Crippen LogP contribution in [0.5, 0.6) is 5.75 Å². The number of benzene rings is 3. The second-order valence-corrected chi connectivity index (χ2v) is 17.2. The normalized spacial score (nSPS) is 19.1. The van der Waals surface area contributed by atoms with Crippen molar-refractivity contribution in [2.45, 2.75) is 23.9 Å². The molecule has 3 aromatic rings. The first kappa shape index (κ1) is 36.1. The third kappa shape index (κ3) is 7.98. The van der Waals surface area contributed by atoms with Crippen molar-refractivity contribution in [1.82, 2.24) is 19.0 Å². The number of sulfonamides is 1. The molecule has 1 saturated heterocycles. The molecular weight excluding hydrogens is 697 g/mol. The fourth-order valence-corrected chi connectivity index (χ4v) is 7.56. The van der Waals surface area contributed by atoms with E-state index >= 15 is 0 Å². The van der Waals surface area contributed by atoms with Crippen LogP contribution in [0.4, 0.5) is 4.79 Å². The van der Waals surface area contributed by atoms with E-state index in [1.165, 1.54) is 32.5 Å². The Morgan fingerprint density at radius 3 is 2.02 bits per heavy atom. The zero-order valence-electron chi connectivity index (χ0n) is 27.2. The highest BCUT2D eigenvalue weighted by Crippen LogP contribution is 2.45. The molecule has 2 heterocycles. The average Bonchev–Trinajstić information content (AvgIpc) is 3.44. The van der Waals surface area contributed by atoms with Crippen LogP contribution in [0.1, 0.15) is 35.7 Å². The van der Waals surface area contributed by atoms with Crippen molar-refractivity contribution >= 4 is 54.9 Å².